The van der Waals surface area contributed by atoms with E-state index in [0.29, 0.717) is 6.54 Å². The lowest BCUT2D eigenvalue weighted by Gasteiger charge is -2.24. The van der Waals surface area contributed by atoms with Crippen LogP contribution in [0.1, 0.15) is 27.2 Å². The lowest BCUT2D eigenvalue weighted by Crippen LogP contribution is -2.35. The summed E-state index contributed by atoms with van der Waals surface area (Å²) in [4.78, 5) is 9.97. The van der Waals surface area contributed by atoms with Gasteiger partial charge in [0.2, 0.25) is 10.0 Å². The lowest BCUT2D eigenvalue weighted by molar-refractivity contribution is -0.385. The van der Waals surface area contributed by atoms with Crippen molar-refractivity contribution in [2.24, 2.45) is 5.92 Å². The highest BCUT2D eigenvalue weighted by molar-refractivity contribution is 7.89. The van der Waals surface area contributed by atoms with E-state index in [1.807, 2.05) is 13.8 Å². The fourth-order valence-corrected chi connectivity index (χ4v) is 3.58. The minimum absolute atomic E-state index is 0.0169. The van der Waals surface area contributed by atoms with Crippen LogP contribution in [-0.2, 0) is 10.0 Å². The van der Waals surface area contributed by atoms with Crippen LogP contribution in [0.25, 0.3) is 0 Å². The molecule has 0 amide bonds. The van der Waals surface area contributed by atoms with Gasteiger partial charge in [-0.2, -0.15) is 4.31 Å². The number of nitro groups is 1. The Bertz CT molecular complexity index is 616. The largest absolute Gasteiger partial charge is 0.398 e. The number of sulfonamides is 1. The molecule has 21 heavy (non-hydrogen) atoms. The standard InChI is InChI=1S/C13H21N3O4S/c1-4-10(3)9-15(5-2)21(19,20)13-8-11(16(17)18)6-7-12(13)14/h6-8,10H,4-5,9,14H2,1-3H3. The molecule has 0 aliphatic heterocycles. The maximum absolute atomic E-state index is 12.6. The van der Waals surface area contributed by atoms with Crippen molar-refractivity contribution < 1.29 is 13.3 Å². The number of anilines is 1. The van der Waals surface area contributed by atoms with Gasteiger partial charge >= 0.3 is 0 Å². The Hall–Kier alpha value is -1.67. The Morgan fingerprint density at radius 2 is 2.00 bits per heavy atom. The monoisotopic (exact) mass is 315 g/mol. The molecule has 7 nitrogen and oxygen atoms in total. The molecular weight excluding hydrogens is 294 g/mol. The third-order valence-corrected chi connectivity index (χ3v) is 5.39. The molecule has 118 valence electrons. The molecule has 0 fully saturated rings. The van der Waals surface area contributed by atoms with Crippen molar-refractivity contribution in [1.82, 2.24) is 4.31 Å². The molecule has 1 aromatic carbocycles. The van der Waals surface area contributed by atoms with Crippen LogP contribution in [0, 0.1) is 16.0 Å². The molecular formula is C13H21N3O4S. The van der Waals surface area contributed by atoms with Crippen molar-refractivity contribution in [2.45, 2.75) is 32.1 Å². The van der Waals surface area contributed by atoms with Crippen LogP contribution >= 0.6 is 0 Å². The van der Waals surface area contributed by atoms with Gasteiger partial charge in [-0.15, -0.1) is 0 Å². The van der Waals surface area contributed by atoms with Gasteiger partial charge in [-0.3, -0.25) is 10.1 Å². The van der Waals surface area contributed by atoms with Gasteiger partial charge in [-0.05, 0) is 12.0 Å². The average Bonchev–Trinajstić information content (AvgIpc) is 2.44. The third-order valence-electron chi connectivity index (χ3n) is 3.39. The van der Waals surface area contributed by atoms with Gasteiger partial charge in [0.25, 0.3) is 5.69 Å². The van der Waals surface area contributed by atoms with Crippen molar-refractivity contribution in [1.29, 1.82) is 0 Å². The molecule has 8 heteroatoms. The van der Waals surface area contributed by atoms with E-state index >= 15 is 0 Å². The van der Waals surface area contributed by atoms with Crippen LogP contribution in [0.5, 0.6) is 0 Å². The molecule has 0 aromatic heterocycles. The molecule has 0 aliphatic rings. The van der Waals surface area contributed by atoms with E-state index in [4.69, 9.17) is 5.73 Å². The summed E-state index contributed by atoms with van der Waals surface area (Å²) >= 11 is 0. The zero-order valence-electron chi connectivity index (χ0n) is 12.4. The molecule has 0 aliphatic carbocycles. The predicted octanol–water partition coefficient (Wildman–Crippen LogP) is 2.23. The molecule has 0 radical (unpaired) electrons. The Morgan fingerprint density at radius 3 is 2.48 bits per heavy atom. The summed E-state index contributed by atoms with van der Waals surface area (Å²) in [7, 11) is -3.84. The van der Waals surface area contributed by atoms with Crippen LogP contribution in [0.3, 0.4) is 0 Å². The third kappa shape index (κ3) is 3.92. The van der Waals surface area contributed by atoms with E-state index < -0.39 is 14.9 Å². The second-order valence-electron chi connectivity index (χ2n) is 4.95. The zero-order chi connectivity index (χ0) is 16.2. The Kier molecular flexibility index (Phi) is 5.68. The molecule has 0 spiro atoms. The summed E-state index contributed by atoms with van der Waals surface area (Å²) in [6.07, 6.45) is 0.844. The number of rotatable bonds is 7. The summed E-state index contributed by atoms with van der Waals surface area (Å²) in [6, 6.07) is 3.46. The fraction of sp³-hybridized carbons (Fsp3) is 0.538. The first-order valence-corrected chi connectivity index (χ1v) is 8.22. The van der Waals surface area contributed by atoms with E-state index in [2.05, 4.69) is 0 Å². The van der Waals surface area contributed by atoms with E-state index in [1.54, 1.807) is 6.92 Å². The summed E-state index contributed by atoms with van der Waals surface area (Å²) in [5, 5.41) is 10.8. The molecule has 0 heterocycles. The van der Waals surface area contributed by atoms with Gasteiger partial charge in [0.1, 0.15) is 4.90 Å². The number of nitrogen functional groups attached to an aromatic ring is 1. The van der Waals surface area contributed by atoms with E-state index in [-0.39, 0.29) is 28.7 Å². The maximum atomic E-state index is 12.6. The van der Waals surface area contributed by atoms with Crippen molar-refractivity contribution in [3.8, 4) is 0 Å². The van der Waals surface area contributed by atoms with E-state index in [1.165, 1.54) is 16.4 Å². The molecule has 1 rings (SSSR count). The fourth-order valence-electron chi connectivity index (χ4n) is 1.87. The molecule has 1 unspecified atom stereocenters. The predicted molar refractivity (Wildman–Crippen MR) is 81.4 cm³/mol. The number of hydrogen-bond acceptors (Lipinski definition) is 5. The highest BCUT2D eigenvalue weighted by atomic mass is 32.2. The number of hydrogen-bond donors (Lipinski definition) is 1. The van der Waals surface area contributed by atoms with Crippen LogP contribution in [0.2, 0.25) is 0 Å². The first-order chi connectivity index (χ1) is 9.73. The first kappa shape index (κ1) is 17.4. The zero-order valence-corrected chi connectivity index (χ0v) is 13.3. The highest BCUT2D eigenvalue weighted by Crippen LogP contribution is 2.27. The smallest absolute Gasteiger partial charge is 0.270 e. The highest BCUT2D eigenvalue weighted by Gasteiger charge is 2.28. The van der Waals surface area contributed by atoms with Gasteiger partial charge in [0, 0.05) is 25.2 Å². The topological polar surface area (TPSA) is 107 Å². The minimum Gasteiger partial charge on any atom is -0.398 e. The van der Waals surface area contributed by atoms with Gasteiger partial charge in [0.05, 0.1) is 10.6 Å². The second kappa shape index (κ2) is 6.86. The number of benzene rings is 1. The van der Waals surface area contributed by atoms with Gasteiger partial charge in [-0.1, -0.05) is 27.2 Å². The first-order valence-electron chi connectivity index (χ1n) is 6.78. The lowest BCUT2D eigenvalue weighted by atomic mass is 10.1. The van der Waals surface area contributed by atoms with Crippen LogP contribution < -0.4 is 5.73 Å². The molecule has 1 aromatic rings. The summed E-state index contributed by atoms with van der Waals surface area (Å²) in [6.45, 7) is 6.31. The number of nitro benzene ring substituents is 1. The Balaban J connectivity index is 3.28. The summed E-state index contributed by atoms with van der Waals surface area (Å²) in [5.41, 5.74) is 5.43. The Labute approximate surface area is 124 Å². The van der Waals surface area contributed by atoms with Crippen LogP contribution in [0.15, 0.2) is 23.1 Å². The van der Waals surface area contributed by atoms with Crippen molar-refractivity contribution in [3.63, 3.8) is 0 Å². The number of nitrogens with zero attached hydrogens (tertiary/aromatic N) is 2. The average molecular weight is 315 g/mol. The molecule has 2 N–H and O–H groups in total. The second-order valence-corrected chi connectivity index (χ2v) is 6.85. The van der Waals surface area contributed by atoms with Gasteiger partial charge < -0.3 is 5.73 Å². The van der Waals surface area contributed by atoms with Crippen molar-refractivity contribution in [3.05, 3.63) is 28.3 Å². The van der Waals surface area contributed by atoms with Crippen molar-refractivity contribution >= 4 is 21.4 Å². The van der Waals surface area contributed by atoms with Crippen molar-refractivity contribution in [2.75, 3.05) is 18.8 Å². The SMILES string of the molecule is CCC(C)CN(CC)S(=O)(=O)c1cc([N+](=O)[O-])ccc1N. The summed E-state index contributed by atoms with van der Waals surface area (Å²) in [5.74, 6) is 0.194. The molecule has 0 saturated heterocycles. The minimum atomic E-state index is -3.84. The normalized spacial score (nSPS) is 13.3. The maximum Gasteiger partial charge on any atom is 0.270 e. The van der Waals surface area contributed by atoms with E-state index in [0.717, 1.165) is 12.5 Å². The number of non-ortho nitro benzene ring substituents is 1. The number of nitrogens with two attached hydrogens (primary N) is 1. The van der Waals surface area contributed by atoms with Gasteiger partial charge in [-0.25, -0.2) is 8.42 Å². The van der Waals surface area contributed by atoms with Gasteiger partial charge in [0.15, 0.2) is 0 Å². The Morgan fingerprint density at radius 1 is 1.38 bits per heavy atom. The molecule has 0 bridgehead atoms. The van der Waals surface area contributed by atoms with Crippen LogP contribution in [-0.4, -0.2) is 30.7 Å². The molecule has 0 saturated carbocycles. The van der Waals surface area contributed by atoms with E-state index in [9.17, 15) is 18.5 Å². The molecule has 1 atom stereocenters. The van der Waals surface area contributed by atoms with Crippen LogP contribution in [0.4, 0.5) is 11.4 Å². The summed E-state index contributed by atoms with van der Waals surface area (Å²) < 4.78 is 26.6. The quantitative estimate of drug-likeness (QED) is 0.472.